The summed E-state index contributed by atoms with van der Waals surface area (Å²) in [6.45, 7) is 6.67. The number of amides is 3. The first-order chi connectivity index (χ1) is 17.0. The molecule has 0 aliphatic carbocycles. The van der Waals surface area contributed by atoms with Crippen molar-refractivity contribution in [3.8, 4) is 0 Å². The van der Waals surface area contributed by atoms with Crippen LogP contribution >= 0.6 is 11.8 Å². The molecule has 1 aliphatic rings. The third-order valence-electron chi connectivity index (χ3n) is 5.26. The van der Waals surface area contributed by atoms with Gasteiger partial charge in [-0.15, -0.1) is 11.8 Å². The molecule has 2 aromatic carbocycles. The second-order valence-corrected chi connectivity index (χ2v) is 10.5. The fraction of sp³-hybridized carbons (Fsp3) is 0.385. The van der Waals surface area contributed by atoms with Gasteiger partial charge < -0.3 is 25.0 Å². The minimum atomic E-state index is -1.10. The average Bonchev–Trinajstić information content (AvgIpc) is 3.22. The lowest BCUT2D eigenvalue weighted by Gasteiger charge is -2.31. The van der Waals surface area contributed by atoms with Crippen LogP contribution in [0.4, 0.5) is 10.5 Å². The highest BCUT2D eigenvalue weighted by atomic mass is 32.2. The van der Waals surface area contributed by atoms with Gasteiger partial charge in [-0.2, -0.15) is 0 Å². The predicted molar refractivity (Wildman–Crippen MR) is 137 cm³/mol. The molecule has 192 valence electrons. The molecule has 10 heteroatoms. The van der Waals surface area contributed by atoms with Crippen molar-refractivity contribution in [2.24, 2.45) is 0 Å². The number of rotatable bonds is 6. The van der Waals surface area contributed by atoms with Gasteiger partial charge >= 0.3 is 18.0 Å². The van der Waals surface area contributed by atoms with E-state index in [0.717, 1.165) is 17.3 Å². The molecular weight excluding hydrogens is 482 g/mol. The predicted octanol–water partition coefficient (Wildman–Crippen LogP) is 3.64. The molecule has 2 N–H and O–H groups in total. The molecule has 0 bridgehead atoms. The van der Waals surface area contributed by atoms with Crippen LogP contribution in [-0.2, 0) is 23.9 Å². The number of urea groups is 1. The molecule has 0 aromatic heterocycles. The van der Waals surface area contributed by atoms with Crippen LogP contribution in [0.1, 0.15) is 37.9 Å². The van der Waals surface area contributed by atoms with Crippen LogP contribution in [-0.4, -0.2) is 58.7 Å². The summed E-state index contributed by atoms with van der Waals surface area (Å²) in [7, 11) is 1.26. The highest BCUT2D eigenvalue weighted by Gasteiger charge is 2.52. The number of ether oxygens (including phenoxy) is 2. The summed E-state index contributed by atoms with van der Waals surface area (Å²) in [5.41, 5.74) is 1.40. The number of benzene rings is 2. The summed E-state index contributed by atoms with van der Waals surface area (Å²) in [6, 6.07) is 14.8. The lowest BCUT2D eigenvalue weighted by atomic mass is 10.0. The number of methoxy groups -OCH3 is 1. The maximum atomic E-state index is 13.5. The monoisotopic (exact) mass is 513 g/mol. The van der Waals surface area contributed by atoms with Gasteiger partial charge in [0.05, 0.1) is 19.7 Å². The van der Waals surface area contributed by atoms with Gasteiger partial charge in [0.2, 0.25) is 5.91 Å². The Hall–Kier alpha value is -3.53. The highest BCUT2D eigenvalue weighted by molar-refractivity contribution is 8.02. The van der Waals surface area contributed by atoms with E-state index in [0.29, 0.717) is 11.3 Å². The van der Waals surface area contributed by atoms with Crippen molar-refractivity contribution in [1.29, 1.82) is 0 Å². The van der Waals surface area contributed by atoms with Crippen molar-refractivity contribution in [2.75, 3.05) is 19.0 Å². The van der Waals surface area contributed by atoms with Crippen LogP contribution < -0.4 is 10.6 Å². The molecule has 0 radical (unpaired) electrons. The summed E-state index contributed by atoms with van der Waals surface area (Å²) in [4.78, 5) is 53.1. The minimum Gasteiger partial charge on any atom is -0.468 e. The maximum absolute atomic E-state index is 13.5. The van der Waals surface area contributed by atoms with Crippen molar-refractivity contribution in [2.45, 2.75) is 50.0 Å². The summed E-state index contributed by atoms with van der Waals surface area (Å²) >= 11 is 0.998. The fourth-order valence-electron chi connectivity index (χ4n) is 3.81. The SMILES string of the molecule is COC(=O)[C@H]1S[C@@H](C(=O)OC(C)(C)C)N(C(=O)CNC(=O)Nc2cccc(C)c2)[C@H]1c1ccccc1. The minimum absolute atomic E-state index is 0.394. The molecule has 1 aliphatic heterocycles. The molecule has 0 saturated carbocycles. The molecule has 0 unspecified atom stereocenters. The molecule has 2 aromatic rings. The first-order valence-electron chi connectivity index (χ1n) is 11.4. The Balaban J connectivity index is 1.86. The number of nitrogens with zero attached hydrogens (tertiary/aromatic N) is 1. The summed E-state index contributed by atoms with van der Waals surface area (Å²) in [6.07, 6.45) is 0. The Labute approximate surface area is 214 Å². The van der Waals surface area contributed by atoms with Gasteiger partial charge in [-0.25, -0.2) is 9.59 Å². The first-order valence-corrected chi connectivity index (χ1v) is 12.4. The zero-order valence-electron chi connectivity index (χ0n) is 20.9. The van der Waals surface area contributed by atoms with Crippen LogP contribution in [0.25, 0.3) is 0 Å². The van der Waals surface area contributed by atoms with Gasteiger partial charge in [-0.3, -0.25) is 9.59 Å². The van der Waals surface area contributed by atoms with Crippen LogP contribution in [0.3, 0.4) is 0 Å². The van der Waals surface area contributed by atoms with Crippen LogP contribution in [0.15, 0.2) is 54.6 Å². The number of carbonyl (C=O) groups is 4. The van der Waals surface area contributed by atoms with E-state index >= 15 is 0 Å². The molecule has 3 rings (SSSR count). The lowest BCUT2D eigenvalue weighted by Crippen LogP contribution is -2.48. The maximum Gasteiger partial charge on any atom is 0.340 e. The van der Waals surface area contributed by atoms with E-state index in [2.05, 4.69) is 10.6 Å². The van der Waals surface area contributed by atoms with Crippen LogP contribution in [0.5, 0.6) is 0 Å². The molecule has 0 spiro atoms. The molecule has 9 nitrogen and oxygen atoms in total. The molecule has 1 fully saturated rings. The van der Waals surface area contributed by atoms with Crippen molar-refractivity contribution in [1.82, 2.24) is 10.2 Å². The van der Waals surface area contributed by atoms with Crippen LogP contribution in [0, 0.1) is 6.92 Å². The molecular formula is C26H31N3O6S. The third-order valence-corrected chi connectivity index (χ3v) is 6.68. The standard InChI is InChI=1S/C26H31N3O6S/c1-16-10-9-13-18(14-16)28-25(33)27-15-19(30)29-20(17-11-7-6-8-12-17)21(23(31)34-5)36-22(29)24(32)35-26(2,3)4/h6-14,20-22H,15H2,1-5H3,(H2,27,28,33)/t20-,21-,22-/m0/s1. The number of nitrogens with one attached hydrogen (secondary N) is 2. The smallest absolute Gasteiger partial charge is 0.340 e. The Morgan fingerprint density at radius 3 is 2.31 bits per heavy atom. The van der Waals surface area contributed by atoms with Gasteiger partial charge in [0.25, 0.3) is 0 Å². The highest BCUT2D eigenvalue weighted by Crippen LogP contribution is 2.46. The van der Waals surface area contributed by atoms with Crippen LogP contribution in [0.2, 0.25) is 0 Å². The van der Waals surface area contributed by atoms with E-state index in [1.807, 2.05) is 19.1 Å². The third kappa shape index (κ3) is 6.78. The van der Waals surface area contributed by atoms with Gasteiger partial charge in [-0.1, -0.05) is 42.5 Å². The Kier molecular flexibility index (Phi) is 8.62. The second-order valence-electron chi connectivity index (χ2n) is 9.30. The Morgan fingerprint density at radius 1 is 1.00 bits per heavy atom. The van der Waals surface area contributed by atoms with E-state index in [9.17, 15) is 19.2 Å². The normalized spacial score (nSPS) is 19.4. The number of esters is 2. The second kappa shape index (κ2) is 11.5. The molecule has 3 amide bonds. The molecule has 36 heavy (non-hydrogen) atoms. The topological polar surface area (TPSA) is 114 Å². The van der Waals surface area contributed by atoms with Gasteiger partial charge in [0, 0.05) is 5.69 Å². The van der Waals surface area contributed by atoms with E-state index in [4.69, 9.17) is 9.47 Å². The van der Waals surface area contributed by atoms with E-state index in [1.165, 1.54) is 12.0 Å². The van der Waals surface area contributed by atoms with E-state index in [-0.39, 0.29) is 0 Å². The van der Waals surface area contributed by atoms with Crippen molar-refractivity contribution in [3.05, 3.63) is 65.7 Å². The molecule has 1 heterocycles. The van der Waals surface area contributed by atoms with E-state index < -0.39 is 52.7 Å². The summed E-state index contributed by atoms with van der Waals surface area (Å²) < 4.78 is 10.5. The number of hydrogen-bond acceptors (Lipinski definition) is 7. The molecule has 3 atom stereocenters. The van der Waals surface area contributed by atoms with E-state index in [1.54, 1.807) is 63.2 Å². The first kappa shape index (κ1) is 27.1. The summed E-state index contributed by atoms with van der Waals surface area (Å²) in [5, 5.41) is 3.26. The number of anilines is 1. The molecule has 1 saturated heterocycles. The number of thioether (sulfide) groups is 1. The average molecular weight is 514 g/mol. The number of aryl methyl sites for hydroxylation is 1. The van der Waals surface area contributed by atoms with Gasteiger partial charge in [0.15, 0.2) is 5.37 Å². The Bertz CT molecular complexity index is 1120. The Morgan fingerprint density at radius 2 is 1.69 bits per heavy atom. The zero-order valence-corrected chi connectivity index (χ0v) is 21.8. The largest absolute Gasteiger partial charge is 0.468 e. The zero-order chi connectivity index (χ0) is 26.5. The van der Waals surface area contributed by atoms with Crippen molar-refractivity contribution in [3.63, 3.8) is 0 Å². The quantitative estimate of drug-likeness (QED) is 0.567. The number of hydrogen-bond donors (Lipinski definition) is 2. The van der Waals surface area contributed by atoms with Crippen molar-refractivity contribution >= 4 is 41.3 Å². The van der Waals surface area contributed by atoms with Gasteiger partial charge in [0.1, 0.15) is 10.9 Å². The number of carbonyl (C=O) groups excluding carboxylic acids is 4. The lowest BCUT2D eigenvalue weighted by molar-refractivity contribution is -0.161. The summed E-state index contributed by atoms with van der Waals surface area (Å²) in [5.74, 6) is -1.77. The fourth-order valence-corrected chi connectivity index (χ4v) is 5.27. The van der Waals surface area contributed by atoms with Crippen molar-refractivity contribution < 1.29 is 28.7 Å². The van der Waals surface area contributed by atoms with Gasteiger partial charge in [-0.05, 0) is 51.0 Å².